The molecule has 0 radical (unpaired) electrons. The average molecular weight is 361 g/mol. The molecule has 0 saturated carbocycles. The number of carbonyl (C=O) groups is 1. The van der Waals surface area contributed by atoms with Crippen molar-refractivity contribution in [1.29, 1.82) is 0 Å². The minimum absolute atomic E-state index is 0.0800. The smallest absolute Gasteiger partial charge is 0.272 e. The van der Waals surface area contributed by atoms with Gasteiger partial charge in [-0.1, -0.05) is 43.7 Å². The van der Waals surface area contributed by atoms with Gasteiger partial charge in [0.1, 0.15) is 5.69 Å². The van der Waals surface area contributed by atoms with Gasteiger partial charge < -0.3 is 9.88 Å². The number of aryl methyl sites for hydroxylation is 3. The first-order chi connectivity index (χ1) is 12.8. The standard InChI is InChI=1S/C24H28N2O/c1-7-12-26-22-11-9-19(15(2)3)14-20(22)18(6)23(26)24(27)25-21-10-8-16(4)13-17(21)5/h7-11,13-15H,1,12H2,2-6H3,(H,25,27). The highest BCUT2D eigenvalue weighted by atomic mass is 16.2. The topological polar surface area (TPSA) is 34.0 Å². The number of hydrogen-bond donors (Lipinski definition) is 1. The first-order valence-electron chi connectivity index (χ1n) is 9.45. The SMILES string of the molecule is C=CCn1c(C(=O)Nc2ccc(C)cc2C)c(C)c2cc(C(C)C)ccc21. The summed E-state index contributed by atoms with van der Waals surface area (Å²) in [5, 5.41) is 4.23. The number of benzene rings is 2. The second-order valence-electron chi connectivity index (χ2n) is 7.58. The predicted molar refractivity (Wildman–Crippen MR) is 115 cm³/mol. The molecule has 140 valence electrons. The fraction of sp³-hybridized carbons (Fsp3) is 0.292. The maximum Gasteiger partial charge on any atom is 0.272 e. The summed E-state index contributed by atoms with van der Waals surface area (Å²) in [4.78, 5) is 13.2. The van der Waals surface area contributed by atoms with Gasteiger partial charge in [0.05, 0.1) is 0 Å². The largest absolute Gasteiger partial charge is 0.332 e. The lowest BCUT2D eigenvalue weighted by Gasteiger charge is -2.12. The molecule has 3 aromatic rings. The number of nitrogens with one attached hydrogen (secondary N) is 1. The number of amides is 1. The van der Waals surface area contributed by atoms with Crippen LogP contribution in [0, 0.1) is 20.8 Å². The van der Waals surface area contributed by atoms with E-state index in [1.54, 1.807) is 0 Å². The van der Waals surface area contributed by atoms with E-state index in [0.29, 0.717) is 18.2 Å². The Hall–Kier alpha value is -2.81. The molecule has 3 nitrogen and oxygen atoms in total. The molecule has 1 heterocycles. The molecular weight excluding hydrogens is 332 g/mol. The van der Waals surface area contributed by atoms with E-state index in [0.717, 1.165) is 27.7 Å². The number of aromatic nitrogens is 1. The van der Waals surface area contributed by atoms with E-state index in [-0.39, 0.29) is 5.91 Å². The van der Waals surface area contributed by atoms with Crippen LogP contribution in [0.1, 0.15) is 52.5 Å². The third kappa shape index (κ3) is 3.55. The van der Waals surface area contributed by atoms with Crippen LogP contribution in [0.15, 0.2) is 49.1 Å². The van der Waals surface area contributed by atoms with Crippen molar-refractivity contribution in [3.05, 3.63) is 77.0 Å². The fourth-order valence-electron chi connectivity index (χ4n) is 3.65. The Kier molecular flexibility index (Phi) is 5.22. The van der Waals surface area contributed by atoms with E-state index in [4.69, 9.17) is 0 Å². The van der Waals surface area contributed by atoms with Crippen LogP contribution >= 0.6 is 0 Å². The van der Waals surface area contributed by atoms with Crippen LogP contribution in [0.5, 0.6) is 0 Å². The Balaban J connectivity index is 2.11. The zero-order valence-electron chi connectivity index (χ0n) is 16.9. The monoisotopic (exact) mass is 360 g/mol. The highest BCUT2D eigenvalue weighted by Gasteiger charge is 2.21. The molecule has 0 aliphatic carbocycles. The molecule has 1 amide bonds. The van der Waals surface area contributed by atoms with Crippen LogP contribution in [0.4, 0.5) is 5.69 Å². The quantitative estimate of drug-likeness (QED) is 0.546. The normalized spacial score (nSPS) is 11.2. The van der Waals surface area contributed by atoms with Crippen molar-refractivity contribution in [1.82, 2.24) is 4.57 Å². The molecule has 0 spiro atoms. The van der Waals surface area contributed by atoms with Crippen molar-refractivity contribution in [2.45, 2.75) is 47.1 Å². The molecule has 0 saturated heterocycles. The molecule has 3 rings (SSSR count). The number of carbonyl (C=O) groups excluding carboxylic acids is 1. The zero-order valence-corrected chi connectivity index (χ0v) is 16.9. The van der Waals surface area contributed by atoms with Gasteiger partial charge >= 0.3 is 0 Å². The minimum atomic E-state index is -0.0800. The Bertz CT molecular complexity index is 1020. The number of fused-ring (bicyclic) bond motifs is 1. The third-order valence-corrected chi connectivity index (χ3v) is 5.16. The van der Waals surface area contributed by atoms with Gasteiger partial charge in [0.25, 0.3) is 5.91 Å². The lowest BCUT2D eigenvalue weighted by atomic mass is 10.0. The van der Waals surface area contributed by atoms with Gasteiger partial charge in [0.2, 0.25) is 0 Å². The summed E-state index contributed by atoms with van der Waals surface area (Å²) >= 11 is 0. The molecule has 1 aromatic heterocycles. The maximum absolute atomic E-state index is 13.2. The molecule has 0 aliphatic rings. The van der Waals surface area contributed by atoms with Gasteiger partial charge in [-0.3, -0.25) is 4.79 Å². The number of anilines is 1. The summed E-state index contributed by atoms with van der Waals surface area (Å²) in [5.74, 6) is 0.368. The van der Waals surface area contributed by atoms with Crippen LogP contribution in [-0.2, 0) is 6.54 Å². The van der Waals surface area contributed by atoms with E-state index in [1.165, 1.54) is 11.1 Å². The second kappa shape index (κ2) is 7.43. The Labute approximate surface area is 161 Å². The summed E-state index contributed by atoms with van der Waals surface area (Å²) in [5.41, 5.74) is 7.16. The van der Waals surface area contributed by atoms with Gasteiger partial charge in [0.15, 0.2) is 0 Å². The highest BCUT2D eigenvalue weighted by Crippen LogP contribution is 2.30. The lowest BCUT2D eigenvalue weighted by Crippen LogP contribution is -2.18. The first kappa shape index (κ1) is 19.0. The van der Waals surface area contributed by atoms with Gasteiger partial charge in [-0.2, -0.15) is 0 Å². The molecule has 0 atom stereocenters. The van der Waals surface area contributed by atoms with E-state index >= 15 is 0 Å². The number of hydrogen-bond acceptors (Lipinski definition) is 1. The molecule has 27 heavy (non-hydrogen) atoms. The molecule has 2 aromatic carbocycles. The summed E-state index contributed by atoms with van der Waals surface area (Å²) in [7, 11) is 0. The van der Waals surface area contributed by atoms with Crippen molar-refractivity contribution in [2.24, 2.45) is 0 Å². The van der Waals surface area contributed by atoms with Crippen molar-refractivity contribution in [3.63, 3.8) is 0 Å². The predicted octanol–water partition coefficient (Wildman–Crippen LogP) is 6.13. The van der Waals surface area contributed by atoms with Crippen molar-refractivity contribution < 1.29 is 4.79 Å². The zero-order chi connectivity index (χ0) is 19.7. The first-order valence-corrected chi connectivity index (χ1v) is 9.45. The van der Waals surface area contributed by atoms with Gasteiger partial charge in [-0.15, -0.1) is 6.58 Å². The van der Waals surface area contributed by atoms with E-state index in [9.17, 15) is 4.79 Å². The molecular formula is C24H28N2O. The Morgan fingerprint density at radius 1 is 1.15 bits per heavy atom. The average Bonchev–Trinajstić information content (AvgIpc) is 2.89. The molecule has 0 unspecified atom stereocenters. The van der Waals surface area contributed by atoms with E-state index < -0.39 is 0 Å². The van der Waals surface area contributed by atoms with Crippen LogP contribution in [0.2, 0.25) is 0 Å². The number of allylic oxidation sites excluding steroid dienone is 1. The summed E-state index contributed by atoms with van der Waals surface area (Å²) in [6.07, 6.45) is 1.84. The Morgan fingerprint density at radius 2 is 1.89 bits per heavy atom. The number of nitrogens with zero attached hydrogens (tertiary/aromatic N) is 1. The van der Waals surface area contributed by atoms with Crippen molar-refractivity contribution in [2.75, 3.05) is 5.32 Å². The van der Waals surface area contributed by atoms with Crippen molar-refractivity contribution in [3.8, 4) is 0 Å². The van der Waals surface area contributed by atoms with Gasteiger partial charge in [-0.05, 0) is 61.6 Å². The highest BCUT2D eigenvalue weighted by molar-refractivity contribution is 6.08. The van der Waals surface area contributed by atoms with Gasteiger partial charge in [-0.25, -0.2) is 0 Å². The number of rotatable bonds is 5. The summed E-state index contributed by atoms with van der Waals surface area (Å²) in [6.45, 7) is 14.9. The second-order valence-corrected chi connectivity index (χ2v) is 7.58. The molecule has 3 heteroatoms. The summed E-state index contributed by atoms with van der Waals surface area (Å²) in [6, 6.07) is 12.5. The minimum Gasteiger partial charge on any atom is -0.332 e. The van der Waals surface area contributed by atoms with Crippen LogP contribution in [0.3, 0.4) is 0 Å². The summed E-state index contributed by atoms with van der Waals surface area (Å²) < 4.78 is 2.06. The molecule has 0 aliphatic heterocycles. The fourth-order valence-corrected chi connectivity index (χ4v) is 3.65. The van der Waals surface area contributed by atoms with E-state index in [1.807, 2.05) is 32.1 Å². The lowest BCUT2D eigenvalue weighted by molar-refractivity contribution is 0.101. The van der Waals surface area contributed by atoms with Crippen molar-refractivity contribution >= 4 is 22.5 Å². The molecule has 0 fully saturated rings. The van der Waals surface area contributed by atoms with E-state index in [2.05, 4.69) is 61.5 Å². The third-order valence-electron chi connectivity index (χ3n) is 5.16. The molecule has 0 bridgehead atoms. The van der Waals surface area contributed by atoms with Crippen LogP contribution in [-0.4, -0.2) is 10.5 Å². The maximum atomic E-state index is 13.2. The van der Waals surface area contributed by atoms with Crippen LogP contribution in [0.25, 0.3) is 10.9 Å². The molecule has 1 N–H and O–H groups in total. The van der Waals surface area contributed by atoms with Crippen LogP contribution < -0.4 is 5.32 Å². The Morgan fingerprint density at radius 3 is 2.52 bits per heavy atom. The van der Waals surface area contributed by atoms with Gasteiger partial charge in [0, 0.05) is 23.1 Å².